The summed E-state index contributed by atoms with van der Waals surface area (Å²) in [7, 11) is -4.49. The molecule has 0 heterocycles. The molecule has 0 spiro atoms. The van der Waals surface area contributed by atoms with Crippen LogP contribution in [-0.4, -0.2) is 20.0 Å². The quantitative estimate of drug-likeness (QED) is 0.808. The first-order valence-electron chi connectivity index (χ1n) is 5.41. The summed E-state index contributed by atoms with van der Waals surface area (Å²) < 4.78 is 65.3. The van der Waals surface area contributed by atoms with E-state index in [0.29, 0.717) is 0 Å². The Bertz CT molecular complexity index is 622. The lowest BCUT2D eigenvalue weighted by molar-refractivity contribution is 0.478. The van der Waals surface area contributed by atoms with Crippen LogP contribution in [0.2, 0.25) is 0 Å². The Hall–Kier alpha value is -1.19. The van der Waals surface area contributed by atoms with E-state index >= 15 is 0 Å². The Morgan fingerprint density at radius 1 is 1.30 bits per heavy atom. The van der Waals surface area contributed by atoms with Crippen molar-refractivity contribution in [1.29, 1.82) is 0 Å². The van der Waals surface area contributed by atoms with Crippen LogP contribution in [0.25, 0.3) is 0 Å². The average Bonchev–Trinajstić information content (AvgIpc) is 2.24. The van der Waals surface area contributed by atoms with Crippen LogP contribution in [0.1, 0.15) is 13.8 Å². The van der Waals surface area contributed by atoms with Gasteiger partial charge in [-0.15, -0.1) is 0 Å². The third kappa shape index (κ3) is 3.68. The molecule has 0 atom stereocenters. The molecule has 1 aromatic carbocycles. The molecular formula is C11H13F3N2O2S2. The van der Waals surface area contributed by atoms with E-state index in [4.69, 9.17) is 18.0 Å². The van der Waals surface area contributed by atoms with Crippen molar-refractivity contribution >= 4 is 27.2 Å². The highest BCUT2D eigenvalue weighted by Gasteiger charge is 2.29. The maximum absolute atomic E-state index is 13.4. The monoisotopic (exact) mass is 326 g/mol. The van der Waals surface area contributed by atoms with Crippen molar-refractivity contribution in [1.82, 2.24) is 4.72 Å². The van der Waals surface area contributed by atoms with Crippen LogP contribution in [0, 0.1) is 22.9 Å². The second-order valence-corrected chi connectivity index (χ2v) is 6.91. The summed E-state index contributed by atoms with van der Waals surface area (Å²) in [6, 6.07) is 0.576. The van der Waals surface area contributed by atoms with E-state index in [0.717, 1.165) is 0 Å². The fourth-order valence-electron chi connectivity index (χ4n) is 1.22. The molecule has 0 bridgehead atoms. The molecule has 0 aromatic heterocycles. The minimum atomic E-state index is -4.49. The summed E-state index contributed by atoms with van der Waals surface area (Å²) in [6.07, 6.45) is 0. The molecule has 1 aromatic rings. The maximum Gasteiger partial charge on any atom is 0.246 e. The average molecular weight is 326 g/mol. The Kier molecular flexibility index (Phi) is 4.78. The second kappa shape index (κ2) is 5.66. The number of hydrogen-bond acceptors (Lipinski definition) is 3. The molecule has 0 saturated heterocycles. The standard InChI is InChI=1S/C11H13F3N2O2S2/c1-11(2,10(15)19)5-16-20(17,18)9-7(13)3-6(12)4-8(9)14/h3-4,16H,5H2,1-2H3,(H2,15,19). The van der Waals surface area contributed by atoms with E-state index < -0.39 is 37.8 Å². The van der Waals surface area contributed by atoms with E-state index in [-0.39, 0.29) is 23.7 Å². The normalized spacial score (nSPS) is 12.4. The van der Waals surface area contributed by atoms with Crippen LogP contribution in [0.4, 0.5) is 13.2 Å². The SMILES string of the molecule is CC(C)(CNS(=O)(=O)c1c(F)cc(F)cc1F)C(N)=S. The zero-order chi connectivity index (χ0) is 15.7. The number of nitrogens with two attached hydrogens (primary N) is 1. The Labute approximate surface area is 120 Å². The molecule has 9 heteroatoms. The van der Waals surface area contributed by atoms with Gasteiger partial charge in [-0.1, -0.05) is 26.1 Å². The van der Waals surface area contributed by atoms with Gasteiger partial charge in [0, 0.05) is 24.1 Å². The van der Waals surface area contributed by atoms with Crippen LogP contribution in [0.15, 0.2) is 17.0 Å². The van der Waals surface area contributed by atoms with Gasteiger partial charge in [0.2, 0.25) is 10.0 Å². The van der Waals surface area contributed by atoms with Crippen molar-refractivity contribution in [3.05, 3.63) is 29.6 Å². The third-order valence-corrected chi connectivity index (χ3v) is 4.61. The number of benzene rings is 1. The van der Waals surface area contributed by atoms with E-state index in [2.05, 4.69) is 0 Å². The molecule has 0 aliphatic rings. The maximum atomic E-state index is 13.4. The lowest BCUT2D eigenvalue weighted by Gasteiger charge is -2.23. The first kappa shape index (κ1) is 16.9. The summed E-state index contributed by atoms with van der Waals surface area (Å²) in [5.74, 6) is -4.23. The van der Waals surface area contributed by atoms with Gasteiger partial charge in [0.15, 0.2) is 4.90 Å². The van der Waals surface area contributed by atoms with Gasteiger partial charge in [0.1, 0.15) is 17.5 Å². The molecule has 0 aliphatic carbocycles. The predicted molar refractivity (Wildman–Crippen MR) is 72.1 cm³/mol. The molecule has 3 N–H and O–H groups in total. The highest BCUT2D eigenvalue weighted by atomic mass is 32.2. The largest absolute Gasteiger partial charge is 0.393 e. The van der Waals surface area contributed by atoms with Crippen LogP contribution < -0.4 is 10.5 Å². The van der Waals surface area contributed by atoms with Crippen molar-refractivity contribution in [2.75, 3.05) is 6.54 Å². The molecule has 20 heavy (non-hydrogen) atoms. The number of thiocarbonyl (C=S) groups is 1. The highest BCUT2D eigenvalue weighted by Crippen LogP contribution is 2.21. The second-order valence-electron chi connectivity index (χ2n) is 4.77. The molecule has 0 fully saturated rings. The molecule has 0 aliphatic heterocycles. The number of rotatable bonds is 5. The molecule has 1 rings (SSSR count). The Morgan fingerprint density at radius 2 is 1.75 bits per heavy atom. The van der Waals surface area contributed by atoms with Gasteiger partial charge < -0.3 is 5.73 Å². The zero-order valence-corrected chi connectivity index (χ0v) is 12.3. The first-order chi connectivity index (χ1) is 8.97. The van der Waals surface area contributed by atoms with E-state index in [1.165, 1.54) is 0 Å². The topological polar surface area (TPSA) is 72.2 Å². The van der Waals surface area contributed by atoms with Gasteiger partial charge in [-0.05, 0) is 0 Å². The predicted octanol–water partition coefficient (Wildman–Crippen LogP) is 1.69. The van der Waals surface area contributed by atoms with Gasteiger partial charge in [-0.25, -0.2) is 26.3 Å². The molecular weight excluding hydrogens is 313 g/mol. The molecule has 0 saturated carbocycles. The number of sulfonamides is 1. The fourth-order valence-corrected chi connectivity index (χ4v) is 2.62. The summed E-state index contributed by atoms with van der Waals surface area (Å²) >= 11 is 4.75. The van der Waals surface area contributed by atoms with Gasteiger partial charge >= 0.3 is 0 Å². The Balaban J connectivity index is 3.11. The van der Waals surface area contributed by atoms with E-state index in [1.807, 2.05) is 4.72 Å². The van der Waals surface area contributed by atoms with Crippen molar-refractivity contribution in [2.45, 2.75) is 18.7 Å². The van der Waals surface area contributed by atoms with Gasteiger partial charge in [0.25, 0.3) is 0 Å². The molecule has 0 amide bonds. The van der Waals surface area contributed by atoms with Crippen LogP contribution in [0.5, 0.6) is 0 Å². The summed E-state index contributed by atoms with van der Waals surface area (Å²) in [6.45, 7) is 2.88. The van der Waals surface area contributed by atoms with Crippen molar-refractivity contribution < 1.29 is 21.6 Å². The number of nitrogens with one attached hydrogen (secondary N) is 1. The van der Waals surface area contributed by atoms with Gasteiger partial charge in [0.05, 0.1) is 4.99 Å². The molecule has 0 radical (unpaired) electrons. The lowest BCUT2D eigenvalue weighted by Crippen LogP contribution is -2.41. The minimum absolute atomic E-state index is 0.0419. The lowest BCUT2D eigenvalue weighted by atomic mass is 9.94. The van der Waals surface area contributed by atoms with E-state index in [1.54, 1.807) is 13.8 Å². The highest BCUT2D eigenvalue weighted by molar-refractivity contribution is 7.89. The van der Waals surface area contributed by atoms with Crippen LogP contribution in [0.3, 0.4) is 0 Å². The number of halogens is 3. The third-order valence-electron chi connectivity index (χ3n) is 2.60. The van der Waals surface area contributed by atoms with Crippen LogP contribution >= 0.6 is 12.2 Å². The Morgan fingerprint density at radius 3 is 2.15 bits per heavy atom. The van der Waals surface area contributed by atoms with Crippen molar-refractivity contribution in [3.8, 4) is 0 Å². The van der Waals surface area contributed by atoms with Crippen molar-refractivity contribution in [3.63, 3.8) is 0 Å². The van der Waals surface area contributed by atoms with E-state index in [9.17, 15) is 21.6 Å². The molecule has 112 valence electrons. The smallest absolute Gasteiger partial charge is 0.246 e. The first-order valence-corrected chi connectivity index (χ1v) is 7.30. The zero-order valence-electron chi connectivity index (χ0n) is 10.7. The summed E-state index contributed by atoms with van der Waals surface area (Å²) in [5, 5.41) is 0. The molecule has 0 unspecified atom stereocenters. The minimum Gasteiger partial charge on any atom is -0.393 e. The molecule has 4 nitrogen and oxygen atoms in total. The fraction of sp³-hybridized carbons (Fsp3) is 0.364. The number of hydrogen-bond donors (Lipinski definition) is 2. The van der Waals surface area contributed by atoms with Crippen LogP contribution in [-0.2, 0) is 10.0 Å². The summed E-state index contributed by atoms with van der Waals surface area (Å²) in [5.41, 5.74) is 4.54. The van der Waals surface area contributed by atoms with Crippen molar-refractivity contribution in [2.24, 2.45) is 11.1 Å². The van der Waals surface area contributed by atoms with Gasteiger partial charge in [-0.3, -0.25) is 0 Å². The van der Waals surface area contributed by atoms with Gasteiger partial charge in [-0.2, -0.15) is 0 Å². The summed E-state index contributed by atoms with van der Waals surface area (Å²) in [4.78, 5) is -1.20.